The molecule has 2 heterocycles. The highest BCUT2D eigenvalue weighted by Gasteiger charge is 2.26. The molecular formula is C6H10N4OS2. The zero-order valence-electron chi connectivity index (χ0n) is 6.80. The van der Waals surface area contributed by atoms with E-state index in [1.54, 1.807) is 0 Å². The first kappa shape index (κ1) is 9.20. The zero-order chi connectivity index (χ0) is 9.26. The van der Waals surface area contributed by atoms with E-state index in [2.05, 4.69) is 15.5 Å². The van der Waals surface area contributed by atoms with Crippen LogP contribution in [0.4, 0.5) is 5.13 Å². The number of rotatable bonds is 2. The summed E-state index contributed by atoms with van der Waals surface area (Å²) in [6.45, 7) is 1.47. The van der Waals surface area contributed by atoms with Crippen LogP contribution in [0.2, 0.25) is 0 Å². The summed E-state index contributed by atoms with van der Waals surface area (Å²) < 4.78 is 0.824. The fourth-order valence-corrected chi connectivity index (χ4v) is 3.12. The second-order valence-electron chi connectivity index (χ2n) is 2.79. The predicted molar refractivity (Wildman–Crippen MR) is 52.8 cm³/mol. The van der Waals surface area contributed by atoms with Gasteiger partial charge in [0, 0.05) is 13.1 Å². The van der Waals surface area contributed by atoms with Crippen molar-refractivity contribution in [3.63, 3.8) is 0 Å². The van der Waals surface area contributed by atoms with E-state index in [1.807, 2.05) is 0 Å². The third-order valence-corrected chi connectivity index (χ3v) is 3.96. The minimum atomic E-state index is -0.296. The van der Waals surface area contributed by atoms with E-state index >= 15 is 0 Å². The van der Waals surface area contributed by atoms with E-state index < -0.39 is 0 Å². The average molecular weight is 218 g/mol. The van der Waals surface area contributed by atoms with Crippen molar-refractivity contribution in [3.05, 3.63) is 0 Å². The van der Waals surface area contributed by atoms with Crippen molar-refractivity contribution in [2.24, 2.45) is 0 Å². The number of nitrogens with two attached hydrogens (primary N) is 1. The quantitative estimate of drug-likeness (QED) is 0.623. The molecule has 0 aromatic carbocycles. The van der Waals surface area contributed by atoms with Gasteiger partial charge in [-0.05, 0) is 0 Å². The zero-order valence-corrected chi connectivity index (χ0v) is 8.44. The number of β-amino-alcohol motifs (C(OH)–C–C–N with tert-alkyl or cyclic N) is 1. The molecule has 1 fully saturated rings. The summed E-state index contributed by atoms with van der Waals surface area (Å²) in [5.41, 5.74) is 5.44. The van der Waals surface area contributed by atoms with Gasteiger partial charge >= 0.3 is 0 Å². The van der Waals surface area contributed by atoms with Crippen molar-refractivity contribution >= 4 is 28.2 Å². The molecule has 1 aliphatic rings. The lowest BCUT2D eigenvalue weighted by molar-refractivity contribution is 0.201. The van der Waals surface area contributed by atoms with E-state index in [-0.39, 0.29) is 11.4 Å². The van der Waals surface area contributed by atoms with Crippen LogP contribution in [0.5, 0.6) is 0 Å². The molecule has 2 unspecified atom stereocenters. The van der Waals surface area contributed by atoms with Crippen molar-refractivity contribution in [3.8, 4) is 0 Å². The molecule has 0 aliphatic carbocycles. The molecule has 0 radical (unpaired) electrons. The van der Waals surface area contributed by atoms with Crippen LogP contribution < -0.4 is 11.1 Å². The first-order valence-electron chi connectivity index (χ1n) is 3.90. The highest BCUT2D eigenvalue weighted by Crippen LogP contribution is 2.30. The van der Waals surface area contributed by atoms with E-state index in [1.165, 1.54) is 23.1 Å². The Bertz CT molecular complexity index is 292. The Morgan fingerprint density at radius 1 is 1.54 bits per heavy atom. The van der Waals surface area contributed by atoms with Gasteiger partial charge in [0.25, 0.3) is 0 Å². The van der Waals surface area contributed by atoms with Gasteiger partial charge in [-0.2, -0.15) is 0 Å². The van der Waals surface area contributed by atoms with Crippen molar-refractivity contribution in [1.29, 1.82) is 0 Å². The molecule has 2 atom stereocenters. The standard InChI is InChI=1S/C6H10N4OS2/c7-5-9-10-6(13-5)12-4-2-8-1-3(4)11/h3-4,8,11H,1-2H2,(H2,7,9). The van der Waals surface area contributed by atoms with E-state index in [9.17, 15) is 5.11 Å². The van der Waals surface area contributed by atoms with Crippen LogP contribution in [0, 0.1) is 0 Å². The molecule has 0 bridgehead atoms. The lowest BCUT2D eigenvalue weighted by atomic mass is 10.3. The van der Waals surface area contributed by atoms with Gasteiger partial charge in [-0.25, -0.2) is 0 Å². The van der Waals surface area contributed by atoms with Crippen molar-refractivity contribution in [2.45, 2.75) is 15.7 Å². The van der Waals surface area contributed by atoms with E-state index in [0.29, 0.717) is 11.7 Å². The first-order chi connectivity index (χ1) is 6.25. The molecule has 4 N–H and O–H groups in total. The topological polar surface area (TPSA) is 84.1 Å². The second kappa shape index (κ2) is 3.79. The molecule has 13 heavy (non-hydrogen) atoms. The average Bonchev–Trinajstić information content (AvgIpc) is 2.64. The smallest absolute Gasteiger partial charge is 0.203 e. The molecular weight excluding hydrogens is 208 g/mol. The highest BCUT2D eigenvalue weighted by atomic mass is 32.2. The number of aliphatic hydroxyl groups is 1. The van der Waals surface area contributed by atoms with Crippen LogP contribution in [0.1, 0.15) is 0 Å². The Morgan fingerprint density at radius 2 is 2.38 bits per heavy atom. The summed E-state index contributed by atoms with van der Waals surface area (Å²) >= 11 is 2.89. The number of aromatic nitrogens is 2. The number of thioether (sulfide) groups is 1. The Labute approximate surface area is 83.7 Å². The summed E-state index contributed by atoms with van der Waals surface area (Å²) in [6, 6.07) is 0. The summed E-state index contributed by atoms with van der Waals surface area (Å²) in [5.74, 6) is 0. The normalized spacial score (nSPS) is 28.1. The van der Waals surface area contributed by atoms with Crippen LogP contribution in [-0.4, -0.2) is 39.7 Å². The van der Waals surface area contributed by atoms with E-state index in [0.717, 1.165) is 10.9 Å². The molecule has 1 aromatic rings. The summed E-state index contributed by atoms with van der Waals surface area (Å²) in [6.07, 6.45) is -0.296. The minimum Gasteiger partial charge on any atom is -0.391 e. The molecule has 2 rings (SSSR count). The second-order valence-corrected chi connectivity index (χ2v) is 5.28. The van der Waals surface area contributed by atoms with E-state index in [4.69, 9.17) is 5.73 Å². The number of hydrogen-bond acceptors (Lipinski definition) is 7. The highest BCUT2D eigenvalue weighted by molar-refractivity contribution is 8.01. The molecule has 0 spiro atoms. The van der Waals surface area contributed by atoms with Gasteiger partial charge in [-0.3, -0.25) is 0 Å². The molecule has 5 nitrogen and oxygen atoms in total. The fraction of sp³-hybridized carbons (Fsp3) is 0.667. The van der Waals surface area contributed by atoms with Crippen LogP contribution in [-0.2, 0) is 0 Å². The van der Waals surface area contributed by atoms with Gasteiger partial charge in [0.15, 0.2) is 4.34 Å². The summed E-state index contributed by atoms with van der Waals surface area (Å²) in [4.78, 5) is 0. The van der Waals surface area contributed by atoms with Gasteiger partial charge in [-0.1, -0.05) is 23.1 Å². The Balaban J connectivity index is 1.97. The molecule has 1 saturated heterocycles. The number of nitrogen functional groups attached to an aromatic ring is 1. The van der Waals surface area contributed by atoms with Crippen LogP contribution in [0.25, 0.3) is 0 Å². The molecule has 72 valence electrons. The van der Waals surface area contributed by atoms with Crippen molar-refractivity contribution in [2.75, 3.05) is 18.8 Å². The van der Waals surface area contributed by atoms with Crippen LogP contribution in [0.3, 0.4) is 0 Å². The maximum Gasteiger partial charge on any atom is 0.203 e. The maximum absolute atomic E-state index is 9.50. The van der Waals surface area contributed by atoms with Crippen molar-refractivity contribution in [1.82, 2.24) is 15.5 Å². The number of hydrogen-bond donors (Lipinski definition) is 3. The summed E-state index contributed by atoms with van der Waals surface area (Å²) in [7, 11) is 0. The van der Waals surface area contributed by atoms with Crippen molar-refractivity contribution < 1.29 is 5.11 Å². The SMILES string of the molecule is Nc1nnc(SC2CNCC2O)s1. The number of anilines is 1. The monoisotopic (exact) mass is 218 g/mol. The van der Waals surface area contributed by atoms with Gasteiger partial charge < -0.3 is 16.2 Å². The molecule has 0 amide bonds. The Hall–Kier alpha value is -0.370. The summed E-state index contributed by atoms with van der Waals surface area (Å²) in [5, 5.41) is 20.8. The minimum absolute atomic E-state index is 0.173. The fourth-order valence-electron chi connectivity index (χ4n) is 1.16. The largest absolute Gasteiger partial charge is 0.391 e. The van der Waals surface area contributed by atoms with Gasteiger partial charge in [0.1, 0.15) is 0 Å². The molecule has 1 aliphatic heterocycles. The maximum atomic E-state index is 9.50. The number of nitrogens with one attached hydrogen (secondary N) is 1. The number of aliphatic hydroxyl groups excluding tert-OH is 1. The van der Waals surface area contributed by atoms with Crippen LogP contribution in [0.15, 0.2) is 4.34 Å². The molecule has 1 aromatic heterocycles. The number of nitrogens with zero attached hydrogens (tertiary/aromatic N) is 2. The Kier molecular flexibility index (Phi) is 2.68. The lowest BCUT2D eigenvalue weighted by Gasteiger charge is -2.09. The third kappa shape index (κ3) is 2.11. The van der Waals surface area contributed by atoms with Gasteiger partial charge in [0.05, 0.1) is 11.4 Å². The molecule has 7 heteroatoms. The lowest BCUT2D eigenvalue weighted by Crippen LogP contribution is -2.19. The first-order valence-corrected chi connectivity index (χ1v) is 5.60. The predicted octanol–water partition coefficient (Wildman–Crippen LogP) is -0.455. The van der Waals surface area contributed by atoms with Gasteiger partial charge in [-0.15, -0.1) is 10.2 Å². The van der Waals surface area contributed by atoms with Crippen LogP contribution >= 0.6 is 23.1 Å². The van der Waals surface area contributed by atoms with Gasteiger partial charge in [0.2, 0.25) is 5.13 Å². The Morgan fingerprint density at radius 3 is 2.92 bits per heavy atom. The molecule has 0 saturated carbocycles. The third-order valence-electron chi connectivity index (χ3n) is 1.80.